The molecule has 6 heteroatoms. The number of nitrogens with zero attached hydrogens (tertiary/aromatic N) is 2. The van der Waals surface area contributed by atoms with Gasteiger partial charge in [0, 0.05) is 22.7 Å². The Morgan fingerprint density at radius 3 is 2.72 bits per heavy atom. The van der Waals surface area contributed by atoms with E-state index >= 15 is 0 Å². The molecule has 3 heterocycles. The molecule has 1 unspecified atom stereocenters. The van der Waals surface area contributed by atoms with Crippen molar-refractivity contribution in [2.45, 2.75) is 70.0 Å². The van der Waals surface area contributed by atoms with Crippen molar-refractivity contribution >= 4 is 17.4 Å². The van der Waals surface area contributed by atoms with E-state index < -0.39 is 0 Å². The normalized spacial score (nSPS) is 20.4. The Labute approximate surface area is 192 Å². The molecule has 2 amide bonds. The van der Waals surface area contributed by atoms with Crippen molar-refractivity contribution in [2.75, 3.05) is 0 Å². The van der Waals surface area contributed by atoms with Gasteiger partial charge in [-0.25, -0.2) is 9.18 Å². The van der Waals surface area contributed by atoms with Crippen molar-refractivity contribution in [3.8, 4) is 5.00 Å². The number of halogens is 1. The number of benzene rings is 1. The summed E-state index contributed by atoms with van der Waals surface area (Å²) in [5.41, 5.74) is 4.56. The van der Waals surface area contributed by atoms with Gasteiger partial charge in [0.25, 0.3) is 0 Å². The van der Waals surface area contributed by atoms with Gasteiger partial charge in [-0.1, -0.05) is 25.0 Å². The molecule has 1 fully saturated rings. The summed E-state index contributed by atoms with van der Waals surface area (Å²) in [6.45, 7) is 0.558. The van der Waals surface area contributed by atoms with Crippen molar-refractivity contribution in [1.82, 2.24) is 14.8 Å². The Morgan fingerprint density at radius 1 is 1.03 bits per heavy atom. The zero-order chi connectivity index (χ0) is 21.7. The SMILES string of the molecule is O=C(NC1CCCC1)N1Cc2c(sc3c2CCCC3)-n2cccc2C1c1cccc(F)c1. The highest BCUT2D eigenvalue weighted by Gasteiger charge is 2.36. The molecule has 1 aliphatic heterocycles. The van der Waals surface area contributed by atoms with Gasteiger partial charge >= 0.3 is 6.03 Å². The minimum atomic E-state index is -0.332. The van der Waals surface area contributed by atoms with Crippen molar-refractivity contribution < 1.29 is 9.18 Å². The molecule has 0 spiro atoms. The fourth-order valence-electron chi connectivity index (χ4n) is 5.74. The van der Waals surface area contributed by atoms with E-state index in [9.17, 15) is 9.18 Å². The maximum Gasteiger partial charge on any atom is 0.318 e. The average Bonchev–Trinajstić information content (AvgIpc) is 3.53. The lowest BCUT2D eigenvalue weighted by Crippen LogP contribution is -2.45. The molecular weight excluding hydrogens is 421 g/mol. The van der Waals surface area contributed by atoms with Gasteiger partial charge in [0.1, 0.15) is 10.8 Å². The Bertz CT molecular complexity index is 1160. The molecule has 1 saturated carbocycles. The van der Waals surface area contributed by atoms with Crippen LogP contribution in [0.3, 0.4) is 0 Å². The summed E-state index contributed by atoms with van der Waals surface area (Å²) in [7, 11) is 0. The van der Waals surface area contributed by atoms with E-state index in [-0.39, 0.29) is 23.9 Å². The van der Waals surface area contributed by atoms with Crippen LogP contribution in [0.4, 0.5) is 9.18 Å². The van der Waals surface area contributed by atoms with Gasteiger partial charge in [-0.15, -0.1) is 11.3 Å². The molecule has 0 bridgehead atoms. The summed E-state index contributed by atoms with van der Waals surface area (Å²) < 4.78 is 16.5. The second-order valence-corrected chi connectivity index (χ2v) is 10.4. The number of hydrogen-bond acceptors (Lipinski definition) is 2. The molecule has 1 N–H and O–H groups in total. The first-order chi connectivity index (χ1) is 15.7. The van der Waals surface area contributed by atoms with Gasteiger partial charge in [-0.3, -0.25) is 0 Å². The van der Waals surface area contributed by atoms with Gasteiger partial charge in [-0.05, 0) is 73.9 Å². The lowest BCUT2D eigenvalue weighted by atomic mass is 9.95. The molecular formula is C26H28FN3OS. The van der Waals surface area contributed by atoms with Crippen molar-refractivity contribution in [3.63, 3.8) is 0 Å². The van der Waals surface area contributed by atoms with Gasteiger partial charge in [0.2, 0.25) is 0 Å². The van der Waals surface area contributed by atoms with E-state index in [1.807, 2.05) is 28.4 Å². The second kappa shape index (κ2) is 8.07. The minimum Gasteiger partial charge on any atom is -0.335 e. The predicted octanol–water partition coefficient (Wildman–Crippen LogP) is 6.11. The number of carbonyl (C=O) groups is 1. The molecule has 0 radical (unpaired) electrons. The van der Waals surface area contributed by atoms with E-state index in [2.05, 4.69) is 22.1 Å². The first-order valence-electron chi connectivity index (χ1n) is 11.8. The third-order valence-corrected chi connectivity index (χ3v) is 8.62. The topological polar surface area (TPSA) is 37.3 Å². The van der Waals surface area contributed by atoms with E-state index in [1.54, 1.807) is 12.1 Å². The highest BCUT2D eigenvalue weighted by atomic mass is 32.1. The van der Waals surface area contributed by atoms with Gasteiger partial charge in [0.05, 0.1) is 18.3 Å². The first kappa shape index (κ1) is 20.0. The number of carbonyl (C=O) groups excluding carboxylic acids is 1. The van der Waals surface area contributed by atoms with Crippen LogP contribution in [-0.4, -0.2) is 21.5 Å². The smallest absolute Gasteiger partial charge is 0.318 e. The number of thiophene rings is 1. The largest absolute Gasteiger partial charge is 0.335 e. The number of nitrogens with one attached hydrogen (secondary N) is 1. The third kappa shape index (κ3) is 3.36. The van der Waals surface area contributed by atoms with Crippen LogP contribution in [0.15, 0.2) is 42.6 Å². The maximum absolute atomic E-state index is 14.3. The zero-order valence-corrected chi connectivity index (χ0v) is 19.0. The number of urea groups is 1. The monoisotopic (exact) mass is 449 g/mol. The average molecular weight is 450 g/mol. The molecule has 3 aliphatic rings. The molecule has 6 rings (SSSR count). The van der Waals surface area contributed by atoms with Crippen LogP contribution in [-0.2, 0) is 19.4 Å². The summed E-state index contributed by atoms with van der Waals surface area (Å²) in [6.07, 6.45) is 11.2. The summed E-state index contributed by atoms with van der Waals surface area (Å²) in [6, 6.07) is 10.7. The number of rotatable bonds is 2. The number of amides is 2. The lowest BCUT2D eigenvalue weighted by Gasteiger charge is -2.32. The number of aryl methyl sites for hydroxylation is 1. The molecule has 166 valence electrons. The van der Waals surface area contributed by atoms with Gasteiger partial charge < -0.3 is 14.8 Å². The van der Waals surface area contributed by atoms with E-state index in [4.69, 9.17) is 0 Å². The second-order valence-electron chi connectivity index (χ2n) is 9.31. The Morgan fingerprint density at radius 2 is 1.88 bits per heavy atom. The standard InChI is InChI=1S/C26H28FN3OS/c27-18-8-5-7-17(15-18)24-22-12-6-14-29(22)25-21(20-11-3-4-13-23(20)32-25)16-30(24)26(31)28-19-9-1-2-10-19/h5-8,12,14-15,19,24H,1-4,9-11,13,16H2,(H,28,31). The van der Waals surface area contributed by atoms with E-state index in [1.165, 1.54) is 52.8 Å². The molecule has 4 nitrogen and oxygen atoms in total. The quantitative estimate of drug-likeness (QED) is 0.503. The zero-order valence-electron chi connectivity index (χ0n) is 18.1. The molecule has 2 aliphatic carbocycles. The minimum absolute atomic E-state index is 0.0393. The van der Waals surface area contributed by atoms with Gasteiger partial charge in [-0.2, -0.15) is 0 Å². The third-order valence-electron chi connectivity index (χ3n) is 7.29. The highest BCUT2D eigenvalue weighted by Crippen LogP contribution is 2.44. The Kier molecular flexibility index (Phi) is 5.05. The Hall–Kier alpha value is -2.60. The predicted molar refractivity (Wildman–Crippen MR) is 125 cm³/mol. The van der Waals surface area contributed by atoms with Crippen LogP contribution in [0.5, 0.6) is 0 Å². The first-order valence-corrected chi connectivity index (χ1v) is 12.6. The summed E-state index contributed by atoms with van der Waals surface area (Å²) in [5, 5.41) is 4.54. The number of fused-ring (bicyclic) bond motifs is 5. The maximum atomic E-state index is 14.3. The Balaban J connectivity index is 1.49. The molecule has 1 atom stereocenters. The summed E-state index contributed by atoms with van der Waals surface area (Å²) in [4.78, 5) is 17.1. The lowest BCUT2D eigenvalue weighted by molar-refractivity contribution is 0.176. The summed E-state index contributed by atoms with van der Waals surface area (Å²) >= 11 is 1.88. The molecule has 1 aromatic carbocycles. The van der Waals surface area contributed by atoms with E-state index in [0.29, 0.717) is 6.54 Å². The fraction of sp³-hybridized carbons (Fsp3) is 0.423. The molecule has 2 aromatic heterocycles. The highest BCUT2D eigenvalue weighted by molar-refractivity contribution is 7.15. The van der Waals surface area contributed by atoms with Crippen LogP contribution in [0, 0.1) is 5.82 Å². The summed E-state index contributed by atoms with van der Waals surface area (Å²) in [5.74, 6) is -0.270. The fourth-order valence-corrected chi connectivity index (χ4v) is 7.15. The van der Waals surface area contributed by atoms with Crippen molar-refractivity contribution in [1.29, 1.82) is 0 Å². The number of aromatic nitrogens is 1. The number of hydrogen-bond donors (Lipinski definition) is 1. The van der Waals surface area contributed by atoms with Crippen LogP contribution in [0.2, 0.25) is 0 Å². The van der Waals surface area contributed by atoms with Crippen LogP contribution < -0.4 is 5.32 Å². The van der Waals surface area contributed by atoms with Crippen molar-refractivity contribution in [2.24, 2.45) is 0 Å². The van der Waals surface area contributed by atoms with Crippen LogP contribution >= 0.6 is 11.3 Å². The molecule has 3 aromatic rings. The van der Waals surface area contributed by atoms with Crippen LogP contribution in [0.25, 0.3) is 5.00 Å². The molecule has 0 saturated heterocycles. The molecule has 32 heavy (non-hydrogen) atoms. The van der Waals surface area contributed by atoms with Crippen molar-refractivity contribution in [3.05, 3.63) is 75.7 Å². The van der Waals surface area contributed by atoms with Crippen LogP contribution in [0.1, 0.15) is 71.8 Å². The van der Waals surface area contributed by atoms with Gasteiger partial charge in [0.15, 0.2) is 0 Å². The van der Waals surface area contributed by atoms with E-state index in [0.717, 1.165) is 36.9 Å².